The zero-order chi connectivity index (χ0) is 16.4. The molecule has 114 valence electrons. The van der Waals surface area contributed by atoms with Crippen molar-refractivity contribution >= 4 is 11.6 Å². The van der Waals surface area contributed by atoms with Crippen molar-refractivity contribution in [1.82, 2.24) is 10.2 Å². The fraction of sp³-hybridized carbons (Fsp3) is 0.118. The van der Waals surface area contributed by atoms with E-state index in [9.17, 15) is 5.26 Å². The maximum Gasteiger partial charge on any atom is 0.247 e. The highest BCUT2D eigenvalue weighted by atomic mass is 35.5. The molecule has 0 spiro atoms. The van der Waals surface area contributed by atoms with E-state index < -0.39 is 0 Å². The fourth-order valence-electron chi connectivity index (χ4n) is 2.27. The Labute approximate surface area is 138 Å². The first kappa shape index (κ1) is 15.1. The molecule has 0 atom stereocenters. The molecule has 0 aliphatic carbocycles. The predicted octanol–water partition coefficient (Wildman–Crippen LogP) is 4.25. The van der Waals surface area contributed by atoms with Crippen LogP contribution in [0.4, 0.5) is 0 Å². The lowest BCUT2D eigenvalue weighted by molar-refractivity contribution is 0.416. The molecule has 0 unspecified atom stereocenters. The Bertz CT molecular complexity index is 912. The van der Waals surface area contributed by atoms with E-state index in [0.29, 0.717) is 28.1 Å². The number of hydrogen-bond donors (Lipinski definition) is 0. The van der Waals surface area contributed by atoms with Crippen LogP contribution in [-0.2, 0) is 0 Å². The van der Waals surface area contributed by atoms with E-state index in [1.165, 1.54) is 0 Å². The number of nitriles is 1. The van der Waals surface area contributed by atoms with Gasteiger partial charge in [-0.15, -0.1) is 10.2 Å². The monoisotopic (exact) mass is 325 g/mol. The van der Waals surface area contributed by atoms with Gasteiger partial charge in [-0.25, -0.2) is 0 Å². The van der Waals surface area contributed by atoms with Crippen LogP contribution in [0.25, 0.3) is 22.6 Å². The minimum absolute atomic E-state index is 0.358. The van der Waals surface area contributed by atoms with Gasteiger partial charge in [0.2, 0.25) is 11.8 Å². The first-order valence-corrected chi connectivity index (χ1v) is 7.18. The summed E-state index contributed by atoms with van der Waals surface area (Å²) in [6, 6.07) is 13.0. The molecule has 23 heavy (non-hydrogen) atoms. The van der Waals surface area contributed by atoms with E-state index in [2.05, 4.69) is 16.3 Å². The number of aromatic nitrogens is 2. The molecule has 5 nitrogen and oxygen atoms in total. The number of halogens is 1. The summed E-state index contributed by atoms with van der Waals surface area (Å²) in [5.74, 6) is 1.53. The standard InChI is InChI=1S/C17H12ClN3O2/c1-10-20-21-17(23-10)12-5-3-4-11(6-12)14-7-13(9-19)15(18)8-16(14)22-2/h3-8H,1-2H3. The van der Waals surface area contributed by atoms with Gasteiger partial charge in [-0.3, -0.25) is 0 Å². The largest absolute Gasteiger partial charge is 0.496 e. The summed E-state index contributed by atoms with van der Waals surface area (Å²) in [5, 5.41) is 17.4. The smallest absolute Gasteiger partial charge is 0.247 e. The molecule has 1 heterocycles. The van der Waals surface area contributed by atoms with Gasteiger partial charge in [0.05, 0.1) is 17.7 Å². The van der Waals surface area contributed by atoms with Gasteiger partial charge in [0.15, 0.2) is 0 Å². The summed E-state index contributed by atoms with van der Waals surface area (Å²) < 4.78 is 10.8. The Balaban J connectivity index is 2.14. The highest BCUT2D eigenvalue weighted by Crippen LogP contribution is 2.36. The van der Waals surface area contributed by atoms with Crippen molar-refractivity contribution in [2.24, 2.45) is 0 Å². The number of nitrogens with zero attached hydrogens (tertiary/aromatic N) is 3. The van der Waals surface area contributed by atoms with Crippen LogP contribution in [0.1, 0.15) is 11.5 Å². The van der Waals surface area contributed by atoms with Crippen LogP contribution in [0.3, 0.4) is 0 Å². The predicted molar refractivity (Wildman–Crippen MR) is 86.2 cm³/mol. The zero-order valence-electron chi connectivity index (χ0n) is 12.5. The number of aryl methyl sites for hydroxylation is 1. The second-order valence-corrected chi connectivity index (χ2v) is 5.26. The molecule has 0 aliphatic rings. The summed E-state index contributed by atoms with van der Waals surface area (Å²) in [4.78, 5) is 0. The SMILES string of the molecule is COc1cc(Cl)c(C#N)cc1-c1cccc(-c2nnc(C)o2)c1. The van der Waals surface area contributed by atoms with Crippen molar-refractivity contribution in [2.45, 2.75) is 6.92 Å². The van der Waals surface area contributed by atoms with Gasteiger partial charge in [-0.05, 0) is 23.8 Å². The third kappa shape index (κ3) is 2.89. The van der Waals surface area contributed by atoms with E-state index in [0.717, 1.165) is 16.7 Å². The molecule has 1 aromatic heterocycles. The van der Waals surface area contributed by atoms with Crippen molar-refractivity contribution in [3.05, 3.63) is 52.9 Å². The zero-order valence-corrected chi connectivity index (χ0v) is 13.3. The number of benzene rings is 2. The van der Waals surface area contributed by atoms with Crippen LogP contribution < -0.4 is 4.74 Å². The van der Waals surface area contributed by atoms with E-state index in [1.54, 1.807) is 26.2 Å². The second kappa shape index (κ2) is 6.11. The molecule has 0 saturated heterocycles. The normalized spacial score (nSPS) is 10.3. The van der Waals surface area contributed by atoms with Crippen LogP contribution in [0.2, 0.25) is 5.02 Å². The average molecular weight is 326 g/mol. The third-order valence-electron chi connectivity index (χ3n) is 3.36. The molecule has 3 aromatic rings. The van der Waals surface area contributed by atoms with Crippen LogP contribution >= 0.6 is 11.6 Å². The Morgan fingerprint density at radius 3 is 2.61 bits per heavy atom. The molecule has 0 aliphatic heterocycles. The van der Waals surface area contributed by atoms with E-state index in [-0.39, 0.29) is 0 Å². The molecule has 0 saturated carbocycles. The highest BCUT2D eigenvalue weighted by molar-refractivity contribution is 6.32. The van der Waals surface area contributed by atoms with Gasteiger partial charge in [-0.2, -0.15) is 5.26 Å². The van der Waals surface area contributed by atoms with Crippen LogP contribution in [0.5, 0.6) is 5.75 Å². The van der Waals surface area contributed by atoms with Crippen LogP contribution in [0.15, 0.2) is 40.8 Å². The van der Waals surface area contributed by atoms with Crippen molar-refractivity contribution < 1.29 is 9.15 Å². The number of methoxy groups -OCH3 is 1. The van der Waals surface area contributed by atoms with Gasteiger partial charge in [0.25, 0.3) is 0 Å². The molecule has 0 amide bonds. The van der Waals surface area contributed by atoms with E-state index >= 15 is 0 Å². The summed E-state index contributed by atoms with van der Waals surface area (Å²) in [5.41, 5.74) is 2.81. The Hall–Kier alpha value is -2.84. The third-order valence-corrected chi connectivity index (χ3v) is 3.67. The summed E-state index contributed by atoms with van der Waals surface area (Å²) in [6.45, 7) is 1.74. The van der Waals surface area contributed by atoms with Gasteiger partial charge < -0.3 is 9.15 Å². The highest BCUT2D eigenvalue weighted by Gasteiger charge is 2.13. The molecule has 6 heteroatoms. The minimum Gasteiger partial charge on any atom is -0.496 e. The lowest BCUT2D eigenvalue weighted by atomic mass is 10.00. The Morgan fingerprint density at radius 2 is 1.96 bits per heavy atom. The lowest BCUT2D eigenvalue weighted by Crippen LogP contribution is -1.91. The maximum absolute atomic E-state index is 9.18. The summed E-state index contributed by atoms with van der Waals surface area (Å²) >= 11 is 6.06. The first-order valence-electron chi connectivity index (χ1n) is 6.81. The van der Waals surface area contributed by atoms with E-state index in [4.69, 9.17) is 20.8 Å². The Kier molecular flexibility index (Phi) is 4.00. The lowest BCUT2D eigenvalue weighted by Gasteiger charge is -2.11. The van der Waals surface area contributed by atoms with Gasteiger partial charge in [0, 0.05) is 24.1 Å². The van der Waals surface area contributed by atoms with Gasteiger partial charge >= 0.3 is 0 Å². The van der Waals surface area contributed by atoms with Crippen LogP contribution in [-0.4, -0.2) is 17.3 Å². The van der Waals surface area contributed by atoms with Crippen molar-refractivity contribution in [3.63, 3.8) is 0 Å². The maximum atomic E-state index is 9.18. The quantitative estimate of drug-likeness (QED) is 0.720. The van der Waals surface area contributed by atoms with Crippen molar-refractivity contribution in [3.8, 4) is 34.4 Å². The summed E-state index contributed by atoms with van der Waals surface area (Å²) in [7, 11) is 1.56. The molecular weight excluding hydrogens is 314 g/mol. The summed E-state index contributed by atoms with van der Waals surface area (Å²) in [6.07, 6.45) is 0. The van der Waals surface area contributed by atoms with Gasteiger partial charge in [-0.1, -0.05) is 23.7 Å². The Morgan fingerprint density at radius 1 is 1.17 bits per heavy atom. The molecule has 3 rings (SSSR count). The first-order chi connectivity index (χ1) is 11.1. The molecule has 2 aromatic carbocycles. The van der Waals surface area contributed by atoms with Crippen LogP contribution in [0, 0.1) is 18.3 Å². The van der Waals surface area contributed by atoms with Gasteiger partial charge in [0.1, 0.15) is 11.8 Å². The number of rotatable bonds is 3. The molecule has 0 radical (unpaired) electrons. The van der Waals surface area contributed by atoms with Crippen molar-refractivity contribution in [1.29, 1.82) is 5.26 Å². The molecule has 0 fully saturated rings. The minimum atomic E-state index is 0.358. The molecular formula is C17H12ClN3O2. The average Bonchev–Trinajstić information content (AvgIpc) is 3.01. The molecule has 0 N–H and O–H groups in total. The molecule has 0 bridgehead atoms. The van der Waals surface area contributed by atoms with E-state index in [1.807, 2.05) is 24.3 Å². The fourth-order valence-corrected chi connectivity index (χ4v) is 2.46. The number of ether oxygens (including phenoxy) is 1. The number of hydrogen-bond acceptors (Lipinski definition) is 5. The second-order valence-electron chi connectivity index (χ2n) is 4.85. The van der Waals surface area contributed by atoms with Crippen molar-refractivity contribution in [2.75, 3.05) is 7.11 Å². The topological polar surface area (TPSA) is 71.9 Å².